The largest absolute Gasteiger partial charge is 0.303 e. The van der Waals surface area contributed by atoms with Gasteiger partial charge in [-0.3, -0.25) is 0 Å². The summed E-state index contributed by atoms with van der Waals surface area (Å²) in [5, 5.41) is 0. The molecule has 1 heteroatoms. The number of carbonyl (C=O) groups is 1. The van der Waals surface area contributed by atoms with Crippen molar-refractivity contribution < 1.29 is 4.79 Å². The Hall–Kier alpha value is -1.33. The second-order valence-corrected chi connectivity index (χ2v) is 2.61. The predicted molar refractivity (Wildman–Crippen MR) is 56.5 cm³/mol. The molecule has 0 rings (SSSR count). The molecule has 0 saturated heterocycles. The average Bonchev–Trinajstić information content (AvgIpc) is 2.16. The van der Waals surface area contributed by atoms with Crippen LogP contribution in [-0.4, -0.2) is 6.29 Å². The highest BCUT2D eigenvalue weighted by Gasteiger charge is 1.82. The highest BCUT2D eigenvalue weighted by Crippen LogP contribution is 1.98. The molecule has 0 atom stereocenters. The van der Waals surface area contributed by atoms with E-state index < -0.39 is 0 Å². The standard InChI is InChI=1S/C12H16O/c1-2-3-4-5-6-7-8-9-10-11-12-13/h2-3,5-7,12H,1,8-11H2/b7-6+. The second kappa shape index (κ2) is 10.7. The van der Waals surface area contributed by atoms with Gasteiger partial charge < -0.3 is 4.79 Å². The van der Waals surface area contributed by atoms with Crippen LogP contribution in [0.4, 0.5) is 0 Å². The smallest absolute Gasteiger partial charge is 0.119 e. The van der Waals surface area contributed by atoms with Gasteiger partial charge in [0, 0.05) is 6.42 Å². The van der Waals surface area contributed by atoms with Crippen molar-refractivity contribution in [3.63, 3.8) is 0 Å². The third kappa shape index (κ3) is 10.7. The molecular weight excluding hydrogens is 160 g/mol. The van der Waals surface area contributed by atoms with Gasteiger partial charge >= 0.3 is 0 Å². The molecule has 0 N–H and O–H groups in total. The van der Waals surface area contributed by atoms with Crippen LogP contribution in [0.15, 0.2) is 42.7 Å². The number of allylic oxidation sites excluding steroid dienone is 4. The second-order valence-electron chi connectivity index (χ2n) is 2.61. The van der Waals surface area contributed by atoms with Gasteiger partial charge in [-0.2, -0.15) is 0 Å². The van der Waals surface area contributed by atoms with E-state index in [1.807, 2.05) is 12.2 Å². The fourth-order valence-corrected chi connectivity index (χ4v) is 0.833. The third-order valence-corrected chi connectivity index (χ3v) is 1.49. The zero-order valence-electron chi connectivity index (χ0n) is 7.91. The molecule has 13 heavy (non-hydrogen) atoms. The first-order valence-electron chi connectivity index (χ1n) is 4.54. The first-order chi connectivity index (χ1) is 6.41. The van der Waals surface area contributed by atoms with Gasteiger partial charge in [0.2, 0.25) is 0 Å². The number of carbonyl (C=O) groups excluding carboxylic acids is 1. The van der Waals surface area contributed by atoms with Crippen LogP contribution in [-0.2, 0) is 4.79 Å². The molecule has 0 heterocycles. The van der Waals surface area contributed by atoms with Gasteiger partial charge in [-0.25, -0.2) is 0 Å². The lowest BCUT2D eigenvalue weighted by Crippen LogP contribution is -1.75. The lowest BCUT2D eigenvalue weighted by atomic mass is 10.2. The molecule has 0 spiro atoms. The Morgan fingerprint density at radius 2 is 1.92 bits per heavy atom. The first-order valence-corrected chi connectivity index (χ1v) is 4.54. The van der Waals surface area contributed by atoms with Crippen molar-refractivity contribution in [2.75, 3.05) is 0 Å². The van der Waals surface area contributed by atoms with E-state index in [2.05, 4.69) is 18.4 Å². The van der Waals surface area contributed by atoms with Crippen LogP contribution in [0.5, 0.6) is 0 Å². The van der Waals surface area contributed by atoms with Gasteiger partial charge in [0.1, 0.15) is 6.29 Å². The summed E-state index contributed by atoms with van der Waals surface area (Å²) in [5.74, 6) is 0. The van der Waals surface area contributed by atoms with Crippen LogP contribution >= 0.6 is 0 Å². The van der Waals surface area contributed by atoms with Crippen LogP contribution in [0.25, 0.3) is 0 Å². The van der Waals surface area contributed by atoms with Crippen molar-refractivity contribution in [2.45, 2.75) is 25.7 Å². The van der Waals surface area contributed by atoms with Crippen LogP contribution in [0.3, 0.4) is 0 Å². The number of unbranched alkanes of at least 4 members (excludes halogenated alkanes) is 3. The van der Waals surface area contributed by atoms with E-state index in [0.29, 0.717) is 6.42 Å². The molecule has 0 amide bonds. The molecule has 70 valence electrons. The minimum Gasteiger partial charge on any atom is -0.303 e. The number of hydrogen-bond donors (Lipinski definition) is 0. The van der Waals surface area contributed by atoms with Crippen LogP contribution < -0.4 is 0 Å². The Balaban J connectivity index is 3.36. The predicted octanol–water partition coefficient (Wildman–Crippen LogP) is 3.20. The van der Waals surface area contributed by atoms with E-state index in [9.17, 15) is 4.79 Å². The summed E-state index contributed by atoms with van der Waals surface area (Å²) in [7, 11) is 0. The fourth-order valence-electron chi connectivity index (χ4n) is 0.833. The summed E-state index contributed by atoms with van der Waals surface area (Å²) in [4.78, 5) is 9.96. The van der Waals surface area contributed by atoms with E-state index in [1.165, 1.54) is 0 Å². The molecule has 0 saturated carbocycles. The molecule has 1 nitrogen and oxygen atoms in total. The van der Waals surface area contributed by atoms with Crippen molar-refractivity contribution >= 4 is 6.29 Å². The minimum atomic E-state index is 0.681. The van der Waals surface area contributed by atoms with E-state index in [0.717, 1.165) is 25.5 Å². The van der Waals surface area contributed by atoms with Crippen molar-refractivity contribution in [3.05, 3.63) is 42.7 Å². The van der Waals surface area contributed by atoms with Crippen molar-refractivity contribution in [1.29, 1.82) is 0 Å². The van der Waals surface area contributed by atoms with Crippen LogP contribution in [0.1, 0.15) is 25.7 Å². The highest BCUT2D eigenvalue weighted by atomic mass is 16.1. The highest BCUT2D eigenvalue weighted by molar-refractivity contribution is 5.48. The van der Waals surface area contributed by atoms with E-state index >= 15 is 0 Å². The van der Waals surface area contributed by atoms with Crippen molar-refractivity contribution in [1.82, 2.24) is 0 Å². The Labute approximate surface area is 80.2 Å². The maximum absolute atomic E-state index is 9.96. The lowest BCUT2D eigenvalue weighted by Gasteiger charge is -1.88. The van der Waals surface area contributed by atoms with Crippen LogP contribution in [0.2, 0.25) is 0 Å². The molecule has 0 aliphatic carbocycles. The molecule has 0 bridgehead atoms. The molecule has 0 aliphatic heterocycles. The summed E-state index contributed by atoms with van der Waals surface area (Å²) in [6.07, 6.45) is 14.1. The number of rotatable bonds is 7. The lowest BCUT2D eigenvalue weighted by molar-refractivity contribution is -0.107. The Morgan fingerprint density at radius 3 is 2.62 bits per heavy atom. The summed E-state index contributed by atoms with van der Waals surface area (Å²) in [6.45, 7) is 3.53. The quantitative estimate of drug-likeness (QED) is 0.252. The molecule has 0 aromatic heterocycles. The van der Waals surface area contributed by atoms with Gasteiger partial charge in [-0.1, -0.05) is 24.8 Å². The van der Waals surface area contributed by atoms with Crippen molar-refractivity contribution in [2.24, 2.45) is 0 Å². The van der Waals surface area contributed by atoms with Gasteiger partial charge in [-0.05, 0) is 31.4 Å². The molecular formula is C12H16O. The van der Waals surface area contributed by atoms with E-state index in [1.54, 1.807) is 12.2 Å². The molecule has 0 aliphatic rings. The fraction of sp³-hybridized carbons (Fsp3) is 0.333. The molecule has 0 radical (unpaired) electrons. The summed E-state index contributed by atoms with van der Waals surface area (Å²) < 4.78 is 0. The molecule has 0 fully saturated rings. The first kappa shape index (κ1) is 11.7. The maximum atomic E-state index is 9.96. The zero-order valence-corrected chi connectivity index (χ0v) is 7.91. The topological polar surface area (TPSA) is 17.1 Å². The SMILES string of the molecule is C=CC=C=C/C=C/CCCCC=O. The van der Waals surface area contributed by atoms with E-state index in [-0.39, 0.29) is 0 Å². The zero-order chi connectivity index (χ0) is 9.78. The van der Waals surface area contributed by atoms with E-state index in [4.69, 9.17) is 0 Å². The molecule has 0 unspecified atom stereocenters. The van der Waals surface area contributed by atoms with Gasteiger partial charge in [0.15, 0.2) is 0 Å². The summed E-state index contributed by atoms with van der Waals surface area (Å²) in [5.41, 5.74) is 2.93. The Kier molecular flexibility index (Phi) is 9.58. The summed E-state index contributed by atoms with van der Waals surface area (Å²) in [6, 6.07) is 0. The number of hydrogen-bond acceptors (Lipinski definition) is 1. The van der Waals surface area contributed by atoms with Gasteiger partial charge in [-0.15, -0.1) is 5.73 Å². The van der Waals surface area contributed by atoms with Gasteiger partial charge in [0.05, 0.1) is 0 Å². The third-order valence-electron chi connectivity index (χ3n) is 1.49. The maximum Gasteiger partial charge on any atom is 0.119 e. The van der Waals surface area contributed by atoms with Crippen LogP contribution in [0, 0.1) is 0 Å². The normalized spacial score (nSPS) is 9.23. The monoisotopic (exact) mass is 176 g/mol. The number of aldehydes is 1. The Bertz CT molecular complexity index is 217. The van der Waals surface area contributed by atoms with Gasteiger partial charge in [0.25, 0.3) is 0 Å². The Morgan fingerprint density at radius 1 is 1.15 bits per heavy atom. The average molecular weight is 176 g/mol. The molecule has 0 aromatic carbocycles. The minimum absolute atomic E-state index is 0.681. The molecule has 0 aromatic rings. The summed E-state index contributed by atoms with van der Waals surface area (Å²) >= 11 is 0. The van der Waals surface area contributed by atoms with Crippen molar-refractivity contribution in [3.8, 4) is 0 Å².